The van der Waals surface area contributed by atoms with Crippen LogP contribution in [-0.4, -0.2) is 21.2 Å². The summed E-state index contributed by atoms with van der Waals surface area (Å²) in [5, 5.41) is 18.1. The highest BCUT2D eigenvalue weighted by atomic mass is 35.5. The molecule has 0 spiro atoms. The molecule has 0 bridgehead atoms. The molecule has 4 rings (SSSR count). The summed E-state index contributed by atoms with van der Waals surface area (Å²) in [7, 11) is 1.48. The van der Waals surface area contributed by atoms with Crippen LogP contribution in [0.25, 0.3) is 0 Å². The van der Waals surface area contributed by atoms with E-state index < -0.39 is 17.4 Å². The normalized spacial score (nSPS) is 15.4. The van der Waals surface area contributed by atoms with Crippen LogP contribution in [0.1, 0.15) is 60.3 Å². The van der Waals surface area contributed by atoms with Crippen molar-refractivity contribution in [3.8, 4) is 6.07 Å². The van der Waals surface area contributed by atoms with Crippen molar-refractivity contribution in [2.24, 2.45) is 13.0 Å². The van der Waals surface area contributed by atoms with Crippen molar-refractivity contribution in [2.45, 2.75) is 45.5 Å². The van der Waals surface area contributed by atoms with Crippen LogP contribution < -0.4 is 9.62 Å². The van der Waals surface area contributed by atoms with E-state index in [1.54, 1.807) is 18.4 Å². The molecule has 10 heteroatoms. The first-order chi connectivity index (χ1) is 18.0. The van der Waals surface area contributed by atoms with Gasteiger partial charge in [0.2, 0.25) is 5.95 Å². The van der Waals surface area contributed by atoms with Crippen molar-refractivity contribution < 1.29 is 9.18 Å². The number of aromatic nitrogens is 2. The average molecular weight is 575 g/mol. The van der Waals surface area contributed by atoms with Gasteiger partial charge in [-0.05, 0) is 60.9 Å². The third kappa shape index (κ3) is 6.90. The standard InChI is InChI=1S/C18H24FN3O.C10H6Cl2N2S/c1-11(2)10-12(3)14-8-6-7-9-15(14)20-18(23)16-13(4)21-22(5)17(16)19;11-8-6-15-14(10(8)12)9-4-2-1-3-7(9)5-13/h6-9,11-12H,10H2,1-5H3,(H,20,23);1-4,6,10H. The van der Waals surface area contributed by atoms with Gasteiger partial charge in [0.05, 0.1) is 22.0 Å². The van der Waals surface area contributed by atoms with E-state index in [0.29, 0.717) is 28.1 Å². The molecule has 1 aromatic heterocycles. The lowest BCUT2D eigenvalue weighted by atomic mass is 9.91. The molecule has 0 saturated heterocycles. The third-order valence-electron chi connectivity index (χ3n) is 5.92. The molecular weight excluding hydrogens is 544 g/mol. The van der Waals surface area contributed by atoms with E-state index in [1.165, 1.54) is 19.0 Å². The predicted octanol–water partition coefficient (Wildman–Crippen LogP) is 7.94. The first-order valence-corrected chi connectivity index (χ1v) is 13.7. The highest BCUT2D eigenvalue weighted by Gasteiger charge is 2.27. The lowest BCUT2D eigenvalue weighted by Gasteiger charge is -2.21. The van der Waals surface area contributed by atoms with Gasteiger partial charge in [-0.2, -0.15) is 14.8 Å². The second kappa shape index (κ2) is 13.2. The van der Waals surface area contributed by atoms with Crippen LogP contribution in [0.5, 0.6) is 0 Å². The molecule has 200 valence electrons. The predicted molar refractivity (Wildman–Crippen MR) is 155 cm³/mol. The molecule has 2 aromatic carbocycles. The number of carbonyl (C=O) groups is 1. The van der Waals surface area contributed by atoms with Crippen LogP contribution >= 0.6 is 35.1 Å². The van der Waals surface area contributed by atoms with Crippen molar-refractivity contribution in [1.29, 1.82) is 5.26 Å². The molecule has 0 fully saturated rings. The van der Waals surface area contributed by atoms with Gasteiger partial charge in [0.1, 0.15) is 11.6 Å². The van der Waals surface area contributed by atoms with Crippen molar-refractivity contribution in [3.05, 3.63) is 87.3 Å². The highest BCUT2D eigenvalue weighted by Crippen LogP contribution is 2.40. The number of para-hydroxylation sites is 2. The Morgan fingerprint density at radius 2 is 1.87 bits per heavy atom. The quantitative estimate of drug-likeness (QED) is 0.184. The summed E-state index contributed by atoms with van der Waals surface area (Å²) in [6.07, 6.45) is 1.02. The molecule has 38 heavy (non-hydrogen) atoms. The van der Waals surface area contributed by atoms with Gasteiger partial charge >= 0.3 is 0 Å². The maximum atomic E-state index is 14.0. The SMILES string of the molecule is Cc1nn(C)c(F)c1C(=O)Nc1ccccc1C(C)CC(C)C.N#Cc1ccccc1N1SC=C(Cl)C1Cl. The number of nitriles is 1. The Morgan fingerprint density at radius 1 is 1.21 bits per heavy atom. The molecular formula is C28H30Cl2FN5OS. The van der Waals surface area contributed by atoms with Crippen molar-refractivity contribution >= 4 is 52.4 Å². The minimum Gasteiger partial charge on any atom is -0.322 e. The monoisotopic (exact) mass is 573 g/mol. The summed E-state index contributed by atoms with van der Waals surface area (Å²) in [4.78, 5) is 12.5. The second-order valence-corrected chi connectivity index (χ2v) is 11.0. The summed E-state index contributed by atoms with van der Waals surface area (Å²) in [6.45, 7) is 8.12. The van der Waals surface area contributed by atoms with E-state index in [1.807, 2.05) is 46.8 Å². The molecule has 1 aliphatic heterocycles. The molecule has 2 heterocycles. The van der Waals surface area contributed by atoms with Gasteiger partial charge in [-0.25, -0.2) is 4.68 Å². The molecule has 2 unspecified atom stereocenters. The van der Waals surface area contributed by atoms with E-state index in [2.05, 4.69) is 37.3 Å². The Labute approximate surface area is 237 Å². The first kappa shape index (κ1) is 29.6. The van der Waals surface area contributed by atoms with Gasteiger partial charge < -0.3 is 5.32 Å². The van der Waals surface area contributed by atoms with Gasteiger partial charge in [0.25, 0.3) is 5.91 Å². The minimum atomic E-state index is -0.618. The van der Waals surface area contributed by atoms with E-state index >= 15 is 0 Å². The van der Waals surface area contributed by atoms with Crippen molar-refractivity contribution in [1.82, 2.24) is 9.78 Å². The van der Waals surface area contributed by atoms with Crippen molar-refractivity contribution in [2.75, 3.05) is 9.62 Å². The summed E-state index contributed by atoms with van der Waals surface area (Å²) in [5.74, 6) is -0.205. The Hall–Kier alpha value is -2.99. The number of amides is 1. The smallest absolute Gasteiger partial charge is 0.262 e. The number of benzene rings is 2. The molecule has 1 aliphatic rings. The van der Waals surface area contributed by atoms with Gasteiger partial charge in [-0.3, -0.25) is 9.10 Å². The summed E-state index contributed by atoms with van der Waals surface area (Å²) < 4.78 is 16.9. The largest absolute Gasteiger partial charge is 0.322 e. The zero-order valence-electron chi connectivity index (χ0n) is 21.9. The van der Waals surface area contributed by atoms with Crippen LogP contribution in [0.3, 0.4) is 0 Å². The van der Waals surface area contributed by atoms with Crippen LogP contribution in [0, 0.1) is 30.1 Å². The summed E-state index contributed by atoms with van der Waals surface area (Å²) in [6, 6.07) is 17.1. The first-order valence-electron chi connectivity index (χ1n) is 12.1. The molecule has 2 atom stereocenters. The van der Waals surface area contributed by atoms with Crippen LogP contribution in [0.15, 0.2) is 59.0 Å². The number of rotatable bonds is 6. The van der Waals surface area contributed by atoms with Crippen LogP contribution in [0.2, 0.25) is 0 Å². The molecule has 0 aliphatic carbocycles. The molecule has 1 amide bonds. The van der Waals surface area contributed by atoms with E-state index in [9.17, 15) is 9.18 Å². The number of hydrogen-bond donors (Lipinski definition) is 1. The molecule has 0 radical (unpaired) electrons. The van der Waals surface area contributed by atoms with Crippen LogP contribution in [0.4, 0.5) is 15.8 Å². The number of alkyl halides is 1. The molecule has 3 aromatic rings. The zero-order valence-corrected chi connectivity index (χ0v) is 24.2. The number of aryl methyl sites for hydroxylation is 2. The number of nitrogens with zero attached hydrogens (tertiary/aromatic N) is 4. The zero-order chi connectivity index (χ0) is 28.0. The van der Waals surface area contributed by atoms with Gasteiger partial charge in [-0.15, -0.1) is 0 Å². The maximum Gasteiger partial charge on any atom is 0.262 e. The van der Waals surface area contributed by atoms with Crippen LogP contribution in [-0.2, 0) is 7.05 Å². The average Bonchev–Trinajstić information content (AvgIpc) is 3.35. The topological polar surface area (TPSA) is 74.0 Å². The van der Waals surface area contributed by atoms with Gasteiger partial charge in [0.15, 0.2) is 5.50 Å². The Balaban J connectivity index is 0.000000230. The Morgan fingerprint density at radius 3 is 2.45 bits per heavy atom. The highest BCUT2D eigenvalue weighted by molar-refractivity contribution is 8.03. The van der Waals surface area contributed by atoms with E-state index in [0.717, 1.165) is 28.0 Å². The number of nitrogens with one attached hydrogen (secondary N) is 1. The fraction of sp³-hybridized carbons (Fsp3) is 0.321. The number of halogens is 3. The fourth-order valence-corrected chi connectivity index (χ4v) is 5.71. The number of hydrogen-bond acceptors (Lipinski definition) is 5. The second-order valence-electron chi connectivity index (χ2n) is 9.35. The van der Waals surface area contributed by atoms with Gasteiger partial charge in [0, 0.05) is 18.1 Å². The summed E-state index contributed by atoms with van der Waals surface area (Å²) in [5.41, 5.74) is 3.16. The lowest BCUT2D eigenvalue weighted by molar-refractivity contribution is 0.102. The molecule has 0 saturated carbocycles. The minimum absolute atomic E-state index is 0.00110. The number of carbonyl (C=O) groups excluding carboxylic acids is 1. The molecule has 1 N–H and O–H groups in total. The van der Waals surface area contributed by atoms with E-state index in [4.69, 9.17) is 28.5 Å². The Bertz CT molecular complexity index is 1370. The summed E-state index contributed by atoms with van der Waals surface area (Å²) >= 11 is 13.4. The Kier molecular flexibility index (Phi) is 10.3. The third-order valence-corrected chi connectivity index (χ3v) is 8.02. The molecule has 6 nitrogen and oxygen atoms in total. The maximum absolute atomic E-state index is 14.0. The number of anilines is 2. The van der Waals surface area contributed by atoms with Crippen molar-refractivity contribution in [3.63, 3.8) is 0 Å². The lowest BCUT2D eigenvalue weighted by Crippen LogP contribution is -2.20. The van der Waals surface area contributed by atoms with Gasteiger partial charge in [-0.1, -0.05) is 74.3 Å². The van der Waals surface area contributed by atoms with E-state index in [-0.39, 0.29) is 5.56 Å². The fourth-order valence-electron chi connectivity index (χ4n) is 4.22.